The first-order valence-corrected chi connectivity index (χ1v) is 13.4. The minimum Gasteiger partial charge on any atom is -0.485 e. The van der Waals surface area contributed by atoms with Crippen molar-refractivity contribution in [3.05, 3.63) is 135 Å². The Morgan fingerprint density at radius 2 is 1.49 bits per heavy atom. The van der Waals surface area contributed by atoms with Gasteiger partial charge in [0, 0.05) is 29.5 Å². The lowest BCUT2D eigenvalue weighted by atomic mass is 10.0. The zero-order valence-electron chi connectivity index (χ0n) is 21.6. The number of carbonyl (C=O) groups excluding carboxylic acids is 2. The zero-order valence-corrected chi connectivity index (χ0v) is 22.4. The molecule has 39 heavy (non-hydrogen) atoms. The molecule has 0 radical (unpaired) electrons. The van der Waals surface area contributed by atoms with Gasteiger partial charge >= 0.3 is 0 Å². The predicted molar refractivity (Wildman–Crippen MR) is 154 cm³/mol. The first kappa shape index (κ1) is 26.1. The molecule has 7 heteroatoms. The van der Waals surface area contributed by atoms with E-state index in [-0.39, 0.29) is 23.7 Å². The van der Waals surface area contributed by atoms with E-state index in [2.05, 4.69) is 4.98 Å². The van der Waals surface area contributed by atoms with E-state index in [1.807, 2.05) is 55.5 Å². The summed E-state index contributed by atoms with van der Waals surface area (Å²) in [5, 5.41) is 1.29. The van der Waals surface area contributed by atoms with Crippen molar-refractivity contribution in [2.45, 2.75) is 17.8 Å². The maximum atomic E-state index is 13.0. The molecule has 0 aliphatic carbocycles. The third-order valence-electron chi connectivity index (χ3n) is 6.44. The normalized spacial score (nSPS) is 10.9. The molecule has 1 aromatic heterocycles. The van der Waals surface area contributed by atoms with Crippen LogP contribution in [-0.2, 0) is 12.8 Å². The molecule has 5 aromatic rings. The fourth-order valence-electron chi connectivity index (χ4n) is 4.21. The first-order chi connectivity index (χ1) is 18.9. The van der Waals surface area contributed by atoms with Crippen LogP contribution in [0.5, 0.6) is 5.75 Å². The number of hydrogen-bond acceptors (Lipinski definition) is 6. The molecular weight excluding hydrogens is 508 g/mol. The van der Waals surface area contributed by atoms with Crippen LogP contribution in [0, 0.1) is 6.92 Å². The Labute approximate surface area is 230 Å². The highest BCUT2D eigenvalue weighted by Crippen LogP contribution is 2.23. The molecule has 0 saturated carbocycles. The summed E-state index contributed by atoms with van der Waals surface area (Å²) >= 11 is 1.48. The number of ketones is 2. The van der Waals surface area contributed by atoms with Gasteiger partial charge < -0.3 is 4.74 Å². The highest BCUT2D eigenvalue weighted by atomic mass is 32.2. The molecule has 0 saturated heterocycles. The van der Waals surface area contributed by atoms with Crippen molar-refractivity contribution in [3.63, 3.8) is 0 Å². The fourth-order valence-corrected chi connectivity index (χ4v) is 5.14. The third kappa shape index (κ3) is 5.84. The Balaban J connectivity index is 1.20. The van der Waals surface area contributed by atoms with E-state index in [4.69, 9.17) is 4.74 Å². The zero-order chi connectivity index (χ0) is 27.4. The largest absolute Gasteiger partial charge is 0.485 e. The maximum Gasteiger partial charge on any atom is 0.262 e. The van der Waals surface area contributed by atoms with Crippen LogP contribution in [-0.4, -0.2) is 27.7 Å². The predicted octanol–water partition coefficient (Wildman–Crippen LogP) is 6.03. The van der Waals surface area contributed by atoms with E-state index in [0.29, 0.717) is 44.3 Å². The second-order valence-corrected chi connectivity index (χ2v) is 10.1. The summed E-state index contributed by atoms with van der Waals surface area (Å²) in [4.78, 5) is 42.7. The SMILES string of the molecule is Cc1cccc2nc(SCc3ccc(C(=O)c4ccc(OCC(=O)c5ccccc5)cc4)cc3)n(C)c(=O)c12. The average Bonchev–Trinajstić information content (AvgIpc) is 2.97. The molecule has 6 nitrogen and oxygen atoms in total. The van der Waals surface area contributed by atoms with E-state index in [1.165, 1.54) is 11.8 Å². The van der Waals surface area contributed by atoms with Crippen molar-refractivity contribution < 1.29 is 14.3 Å². The van der Waals surface area contributed by atoms with Crippen molar-refractivity contribution in [1.82, 2.24) is 9.55 Å². The number of ether oxygens (including phenoxy) is 1. The van der Waals surface area contributed by atoms with E-state index >= 15 is 0 Å². The summed E-state index contributed by atoms with van der Waals surface area (Å²) in [6.07, 6.45) is 0. The van der Waals surface area contributed by atoms with Crippen molar-refractivity contribution in [2.24, 2.45) is 7.05 Å². The van der Waals surface area contributed by atoms with Crippen LogP contribution in [0.3, 0.4) is 0 Å². The molecular formula is C32H26N2O4S. The fraction of sp³-hybridized carbons (Fsp3) is 0.125. The first-order valence-electron chi connectivity index (χ1n) is 12.4. The third-order valence-corrected chi connectivity index (χ3v) is 7.54. The number of hydrogen-bond donors (Lipinski definition) is 0. The second kappa shape index (κ2) is 11.5. The number of thioether (sulfide) groups is 1. The number of aryl methyl sites for hydroxylation is 1. The van der Waals surface area contributed by atoms with E-state index in [0.717, 1.165) is 11.1 Å². The van der Waals surface area contributed by atoms with Crippen LogP contribution in [0.15, 0.2) is 107 Å². The molecule has 4 aromatic carbocycles. The molecule has 0 fully saturated rings. The number of Topliss-reactive ketones (excluding diaryl/α,β-unsaturated/α-hetero) is 1. The number of carbonyl (C=O) groups is 2. The van der Waals surface area contributed by atoms with Crippen molar-refractivity contribution in [2.75, 3.05) is 6.61 Å². The van der Waals surface area contributed by atoms with Crippen LogP contribution in [0.25, 0.3) is 10.9 Å². The van der Waals surface area contributed by atoms with Crippen LogP contribution in [0.1, 0.15) is 37.4 Å². The molecule has 0 bridgehead atoms. The Kier molecular flexibility index (Phi) is 7.70. The number of rotatable bonds is 9. The Morgan fingerprint density at radius 3 is 2.18 bits per heavy atom. The van der Waals surface area contributed by atoms with Gasteiger partial charge in [0.25, 0.3) is 5.56 Å². The van der Waals surface area contributed by atoms with Gasteiger partial charge in [0.05, 0.1) is 10.9 Å². The summed E-state index contributed by atoms with van der Waals surface area (Å²) in [5.74, 6) is 0.924. The molecule has 0 N–H and O–H groups in total. The van der Waals surface area contributed by atoms with E-state index in [1.54, 1.807) is 60.1 Å². The molecule has 0 aliphatic rings. The summed E-state index contributed by atoms with van der Waals surface area (Å²) in [6.45, 7) is 1.85. The molecule has 0 unspecified atom stereocenters. The van der Waals surface area contributed by atoms with Crippen molar-refractivity contribution >= 4 is 34.2 Å². The molecule has 0 atom stereocenters. The van der Waals surface area contributed by atoms with Crippen LogP contribution < -0.4 is 10.3 Å². The average molecular weight is 535 g/mol. The van der Waals surface area contributed by atoms with Gasteiger partial charge in [0.15, 0.2) is 23.3 Å². The summed E-state index contributed by atoms with van der Waals surface area (Å²) in [5.41, 5.74) is 4.27. The van der Waals surface area contributed by atoms with Gasteiger partial charge in [-0.25, -0.2) is 4.98 Å². The van der Waals surface area contributed by atoms with Crippen molar-refractivity contribution in [3.8, 4) is 5.75 Å². The quantitative estimate of drug-likeness (QED) is 0.131. The molecule has 0 spiro atoms. The Morgan fingerprint density at radius 1 is 0.821 bits per heavy atom. The van der Waals surface area contributed by atoms with Gasteiger partial charge in [0.1, 0.15) is 5.75 Å². The van der Waals surface area contributed by atoms with Gasteiger partial charge in [-0.15, -0.1) is 0 Å². The maximum absolute atomic E-state index is 13.0. The topological polar surface area (TPSA) is 78.3 Å². The van der Waals surface area contributed by atoms with Gasteiger partial charge in [-0.1, -0.05) is 78.5 Å². The molecule has 0 aliphatic heterocycles. The summed E-state index contributed by atoms with van der Waals surface area (Å²) < 4.78 is 7.18. The molecule has 0 amide bonds. The second-order valence-electron chi connectivity index (χ2n) is 9.14. The minimum absolute atomic E-state index is 0.0549. The highest BCUT2D eigenvalue weighted by Gasteiger charge is 2.13. The summed E-state index contributed by atoms with van der Waals surface area (Å²) in [6, 6.07) is 28.9. The van der Waals surface area contributed by atoms with E-state index in [9.17, 15) is 14.4 Å². The van der Waals surface area contributed by atoms with Gasteiger partial charge in [-0.05, 0) is 48.4 Å². The standard InChI is InChI=1S/C32H26N2O4S/c1-21-7-6-10-27-29(21)31(37)34(2)32(33-27)39-20-22-11-13-24(14-12-22)30(36)25-15-17-26(18-16-25)38-19-28(35)23-8-4-3-5-9-23/h3-18H,19-20H2,1-2H3. The summed E-state index contributed by atoms with van der Waals surface area (Å²) in [7, 11) is 1.74. The Hall–Kier alpha value is -4.49. The van der Waals surface area contributed by atoms with Crippen LogP contribution >= 0.6 is 11.8 Å². The lowest BCUT2D eigenvalue weighted by Crippen LogP contribution is -2.20. The van der Waals surface area contributed by atoms with E-state index < -0.39 is 0 Å². The van der Waals surface area contributed by atoms with Crippen LogP contribution in [0.2, 0.25) is 0 Å². The van der Waals surface area contributed by atoms with Gasteiger partial charge in [-0.3, -0.25) is 19.0 Å². The molecule has 194 valence electrons. The Bertz CT molecular complexity index is 1710. The van der Waals surface area contributed by atoms with Crippen LogP contribution in [0.4, 0.5) is 0 Å². The minimum atomic E-state index is -0.109. The monoisotopic (exact) mass is 534 g/mol. The number of fused-ring (bicyclic) bond motifs is 1. The smallest absolute Gasteiger partial charge is 0.262 e. The number of nitrogens with zero attached hydrogens (tertiary/aromatic N) is 2. The number of benzene rings is 4. The highest BCUT2D eigenvalue weighted by molar-refractivity contribution is 7.98. The lowest BCUT2D eigenvalue weighted by Gasteiger charge is -2.10. The van der Waals surface area contributed by atoms with Crippen molar-refractivity contribution in [1.29, 1.82) is 0 Å². The molecule has 1 heterocycles. The van der Waals surface area contributed by atoms with Gasteiger partial charge in [0.2, 0.25) is 0 Å². The molecule has 5 rings (SSSR count). The number of aromatic nitrogens is 2. The van der Waals surface area contributed by atoms with Gasteiger partial charge in [-0.2, -0.15) is 0 Å². The lowest BCUT2D eigenvalue weighted by molar-refractivity contribution is 0.0920.